The summed E-state index contributed by atoms with van der Waals surface area (Å²) < 4.78 is 12.8. The monoisotopic (exact) mass is 349 g/mol. The van der Waals surface area contributed by atoms with Crippen LogP contribution in [0.5, 0.6) is 5.75 Å². The predicted octanol–water partition coefficient (Wildman–Crippen LogP) is 2.35. The first-order valence-electron chi connectivity index (χ1n) is 7.71. The third kappa shape index (κ3) is 3.54. The van der Waals surface area contributed by atoms with Crippen molar-refractivity contribution < 1.29 is 19.4 Å². The van der Waals surface area contributed by atoms with E-state index in [2.05, 4.69) is 10.2 Å². The lowest BCUT2D eigenvalue weighted by atomic mass is 9.99. The Morgan fingerprint density at radius 3 is 2.83 bits per heavy atom. The molecule has 128 valence electrons. The van der Waals surface area contributed by atoms with Gasteiger partial charge in [-0.3, -0.25) is 9.36 Å². The van der Waals surface area contributed by atoms with Crippen LogP contribution in [0.3, 0.4) is 0 Å². The highest BCUT2D eigenvalue weighted by molar-refractivity contribution is 7.99. The van der Waals surface area contributed by atoms with E-state index in [-0.39, 0.29) is 11.7 Å². The van der Waals surface area contributed by atoms with Gasteiger partial charge in [0.25, 0.3) is 0 Å². The summed E-state index contributed by atoms with van der Waals surface area (Å²) in [5, 5.41) is 18.1. The molecule has 1 aliphatic heterocycles. The number of carbonyl (C=O) groups is 1. The molecule has 1 fully saturated rings. The number of ether oxygens (including phenoxy) is 2. The number of thioether (sulfide) groups is 1. The van der Waals surface area contributed by atoms with Gasteiger partial charge in [0.15, 0.2) is 5.16 Å². The summed E-state index contributed by atoms with van der Waals surface area (Å²) in [5.74, 6) is 0.803. The Hall–Kier alpha value is -2.06. The van der Waals surface area contributed by atoms with Gasteiger partial charge in [-0.15, -0.1) is 10.2 Å². The van der Waals surface area contributed by atoms with E-state index >= 15 is 0 Å². The van der Waals surface area contributed by atoms with Crippen molar-refractivity contribution in [1.29, 1.82) is 0 Å². The zero-order chi connectivity index (χ0) is 16.9. The molecule has 2 heterocycles. The van der Waals surface area contributed by atoms with Gasteiger partial charge in [0, 0.05) is 19.1 Å². The van der Waals surface area contributed by atoms with Crippen molar-refractivity contribution in [2.75, 3.05) is 26.1 Å². The second kappa shape index (κ2) is 7.67. The van der Waals surface area contributed by atoms with Gasteiger partial charge in [0.2, 0.25) is 0 Å². The van der Waals surface area contributed by atoms with Crippen molar-refractivity contribution in [3.05, 3.63) is 30.1 Å². The van der Waals surface area contributed by atoms with Crippen LogP contribution < -0.4 is 4.74 Å². The summed E-state index contributed by atoms with van der Waals surface area (Å²) in [6.07, 6.45) is 1.74. The van der Waals surface area contributed by atoms with Crippen molar-refractivity contribution in [3.8, 4) is 11.4 Å². The number of hydrogen-bond donors (Lipinski definition) is 1. The smallest absolute Gasteiger partial charge is 0.313 e. The van der Waals surface area contributed by atoms with Gasteiger partial charge in [0.05, 0.1) is 18.6 Å². The van der Waals surface area contributed by atoms with Gasteiger partial charge >= 0.3 is 5.97 Å². The van der Waals surface area contributed by atoms with Crippen LogP contribution >= 0.6 is 11.8 Å². The molecule has 1 aromatic carbocycles. The van der Waals surface area contributed by atoms with Crippen LogP contribution in [0.1, 0.15) is 24.6 Å². The first-order chi connectivity index (χ1) is 11.7. The summed E-state index contributed by atoms with van der Waals surface area (Å²) in [6, 6.07) is 7.60. The van der Waals surface area contributed by atoms with Crippen molar-refractivity contribution in [2.45, 2.75) is 23.9 Å². The fraction of sp³-hybridized carbons (Fsp3) is 0.438. The molecule has 0 amide bonds. The maximum atomic E-state index is 10.9. The maximum absolute atomic E-state index is 10.9. The SMILES string of the molecule is COc1ccccc1-n1c(SCC(=O)O)nnc1C1CCOCC1. The Morgan fingerprint density at radius 1 is 1.38 bits per heavy atom. The lowest BCUT2D eigenvalue weighted by Gasteiger charge is -2.23. The molecule has 1 N–H and O–H groups in total. The topological polar surface area (TPSA) is 86.5 Å². The molecule has 7 nitrogen and oxygen atoms in total. The zero-order valence-electron chi connectivity index (χ0n) is 13.3. The summed E-state index contributed by atoms with van der Waals surface area (Å²) in [6.45, 7) is 1.39. The molecule has 8 heteroatoms. The van der Waals surface area contributed by atoms with E-state index in [0.29, 0.717) is 24.1 Å². The van der Waals surface area contributed by atoms with Gasteiger partial charge in [0.1, 0.15) is 11.6 Å². The number of rotatable bonds is 6. The van der Waals surface area contributed by atoms with Crippen LogP contribution in [0.4, 0.5) is 0 Å². The Balaban J connectivity index is 2.04. The first kappa shape index (κ1) is 16.8. The fourth-order valence-electron chi connectivity index (χ4n) is 2.76. The second-order valence-electron chi connectivity index (χ2n) is 5.42. The Bertz CT molecular complexity index is 713. The summed E-state index contributed by atoms with van der Waals surface area (Å²) in [7, 11) is 1.61. The van der Waals surface area contributed by atoms with Crippen LogP contribution in [0.15, 0.2) is 29.4 Å². The van der Waals surface area contributed by atoms with E-state index < -0.39 is 5.97 Å². The van der Waals surface area contributed by atoms with Crippen molar-refractivity contribution >= 4 is 17.7 Å². The Kier molecular flexibility index (Phi) is 5.37. The number of para-hydroxylation sites is 2. The quantitative estimate of drug-likeness (QED) is 0.801. The average molecular weight is 349 g/mol. The molecule has 0 aliphatic carbocycles. The largest absolute Gasteiger partial charge is 0.495 e. The minimum absolute atomic E-state index is 0.0684. The molecule has 0 radical (unpaired) electrons. The highest BCUT2D eigenvalue weighted by atomic mass is 32.2. The van der Waals surface area contributed by atoms with Gasteiger partial charge < -0.3 is 14.6 Å². The van der Waals surface area contributed by atoms with E-state index in [4.69, 9.17) is 14.6 Å². The minimum Gasteiger partial charge on any atom is -0.495 e. The molecule has 0 spiro atoms. The number of hydrogen-bond acceptors (Lipinski definition) is 6. The van der Waals surface area contributed by atoms with Crippen LogP contribution in [-0.2, 0) is 9.53 Å². The normalized spacial score (nSPS) is 15.4. The number of carboxylic acids is 1. The number of carboxylic acid groups (broad SMARTS) is 1. The van der Waals surface area contributed by atoms with Crippen molar-refractivity contribution in [1.82, 2.24) is 14.8 Å². The zero-order valence-corrected chi connectivity index (χ0v) is 14.2. The van der Waals surface area contributed by atoms with Gasteiger partial charge in [-0.2, -0.15) is 0 Å². The van der Waals surface area contributed by atoms with Crippen molar-refractivity contribution in [2.24, 2.45) is 0 Å². The Morgan fingerprint density at radius 2 is 2.12 bits per heavy atom. The summed E-state index contributed by atoms with van der Waals surface area (Å²) in [4.78, 5) is 10.9. The molecule has 0 unspecified atom stereocenters. The van der Waals surface area contributed by atoms with Gasteiger partial charge in [-0.1, -0.05) is 23.9 Å². The fourth-order valence-corrected chi connectivity index (χ4v) is 3.43. The average Bonchev–Trinajstić information content (AvgIpc) is 3.04. The summed E-state index contributed by atoms with van der Waals surface area (Å²) >= 11 is 1.16. The molecule has 0 atom stereocenters. The van der Waals surface area contributed by atoms with Crippen LogP contribution in [0.25, 0.3) is 5.69 Å². The molecule has 1 saturated heterocycles. The third-order valence-corrected chi connectivity index (χ3v) is 4.81. The van der Waals surface area contributed by atoms with E-state index in [0.717, 1.165) is 36.1 Å². The minimum atomic E-state index is -0.887. The third-order valence-electron chi connectivity index (χ3n) is 3.90. The number of methoxy groups -OCH3 is 1. The number of nitrogens with zero attached hydrogens (tertiary/aromatic N) is 3. The molecule has 3 rings (SSSR count). The lowest BCUT2D eigenvalue weighted by molar-refractivity contribution is -0.133. The van der Waals surface area contributed by atoms with Crippen molar-refractivity contribution in [3.63, 3.8) is 0 Å². The number of benzene rings is 1. The molecule has 1 aliphatic rings. The van der Waals surface area contributed by atoms with Gasteiger partial charge in [-0.25, -0.2) is 0 Å². The van der Waals surface area contributed by atoms with Gasteiger partial charge in [-0.05, 0) is 25.0 Å². The van der Waals surface area contributed by atoms with Crippen LogP contribution in [0, 0.1) is 0 Å². The highest BCUT2D eigenvalue weighted by Crippen LogP contribution is 2.34. The molecule has 2 aromatic rings. The van der Waals surface area contributed by atoms with E-state index in [9.17, 15) is 4.79 Å². The summed E-state index contributed by atoms with van der Waals surface area (Å²) in [5.41, 5.74) is 0.819. The maximum Gasteiger partial charge on any atom is 0.313 e. The molecule has 24 heavy (non-hydrogen) atoms. The molecule has 1 aromatic heterocycles. The molecular formula is C16H19N3O4S. The van der Waals surface area contributed by atoms with Crippen LogP contribution in [-0.4, -0.2) is 51.9 Å². The van der Waals surface area contributed by atoms with E-state index in [1.807, 2.05) is 28.8 Å². The Labute approximate surface area is 144 Å². The molecule has 0 bridgehead atoms. The number of aromatic nitrogens is 3. The van der Waals surface area contributed by atoms with E-state index in [1.165, 1.54) is 0 Å². The predicted molar refractivity (Wildman–Crippen MR) is 89.1 cm³/mol. The van der Waals surface area contributed by atoms with Crippen LogP contribution in [0.2, 0.25) is 0 Å². The lowest BCUT2D eigenvalue weighted by Crippen LogP contribution is -2.18. The first-order valence-corrected chi connectivity index (χ1v) is 8.70. The number of aliphatic carboxylic acids is 1. The van der Waals surface area contributed by atoms with E-state index in [1.54, 1.807) is 7.11 Å². The molecule has 0 saturated carbocycles. The highest BCUT2D eigenvalue weighted by Gasteiger charge is 2.26. The molecular weight excluding hydrogens is 330 g/mol. The standard InChI is InChI=1S/C16H19N3O4S/c1-22-13-5-3-2-4-12(13)19-15(11-6-8-23-9-7-11)17-18-16(19)24-10-14(20)21/h2-5,11H,6-10H2,1H3,(H,20,21). The second-order valence-corrected chi connectivity index (χ2v) is 6.36.